The molecule has 0 unspecified atom stereocenters. The molecule has 0 aliphatic heterocycles. The maximum Gasteiger partial charge on any atom is 0.257 e. The van der Waals surface area contributed by atoms with Crippen molar-refractivity contribution in [1.29, 1.82) is 0 Å². The van der Waals surface area contributed by atoms with E-state index in [2.05, 4.69) is 10.3 Å². The molecule has 5 nitrogen and oxygen atoms in total. The first kappa shape index (κ1) is 20.4. The molecule has 0 aliphatic carbocycles. The highest BCUT2D eigenvalue weighted by molar-refractivity contribution is 7.98. The number of amides is 1. The molecule has 0 spiro atoms. The fraction of sp³-hybridized carbons (Fsp3) is 0.100. The molecule has 0 aliphatic rings. The number of benzene rings is 2. The van der Waals surface area contributed by atoms with Gasteiger partial charge in [-0.15, -0.1) is 11.8 Å². The number of rotatable bonds is 6. The zero-order valence-electron chi connectivity index (χ0n) is 14.9. The van der Waals surface area contributed by atoms with Gasteiger partial charge in [-0.2, -0.15) is 0 Å². The number of hydrogen-bond acceptors (Lipinski definition) is 5. The lowest BCUT2D eigenvalue weighted by atomic mass is 10.2. The molecule has 8 heteroatoms. The molecule has 1 N–H and O–H groups in total. The van der Waals surface area contributed by atoms with E-state index in [0.717, 1.165) is 16.8 Å². The average Bonchev–Trinajstić information content (AvgIpc) is 2.67. The van der Waals surface area contributed by atoms with Gasteiger partial charge in [-0.25, -0.2) is 13.4 Å². The molecular weight excluding hydrogens is 416 g/mol. The maximum atomic E-state index is 12.6. The maximum absolute atomic E-state index is 12.6. The molecule has 3 rings (SSSR count). The van der Waals surface area contributed by atoms with Gasteiger partial charge in [0.05, 0.1) is 20.5 Å². The third kappa shape index (κ3) is 5.34. The summed E-state index contributed by atoms with van der Waals surface area (Å²) in [4.78, 5) is 16.9. The summed E-state index contributed by atoms with van der Waals surface area (Å²) in [6, 6.07) is 17.2. The molecule has 2 aromatic carbocycles. The van der Waals surface area contributed by atoms with Crippen LogP contribution in [0.2, 0.25) is 5.02 Å². The van der Waals surface area contributed by atoms with E-state index in [1.54, 1.807) is 24.0 Å². The predicted molar refractivity (Wildman–Crippen MR) is 113 cm³/mol. The fourth-order valence-electron chi connectivity index (χ4n) is 2.44. The van der Waals surface area contributed by atoms with Crippen LogP contribution in [0.15, 0.2) is 76.8 Å². The molecule has 3 aromatic rings. The van der Waals surface area contributed by atoms with E-state index in [1.807, 2.05) is 36.4 Å². The van der Waals surface area contributed by atoms with Crippen molar-refractivity contribution in [3.63, 3.8) is 0 Å². The van der Waals surface area contributed by atoms with Crippen molar-refractivity contribution in [2.24, 2.45) is 0 Å². The number of aromatic nitrogens is 1. The monoisotopic (exact) mass is 432 g/mol. The van der Waals surface area contributed by atoms with Crippen LogP contribution >= 0.6 is 23.4 Å². The standard InChI is InChI=1S/C20H17ClN2O3S2/c1-28(25,26)16-8-9-18(21)17(12-16)20(24)23-15-6-4-5-14(11-15)13-27-19-7-2-3-10-22-19/h2-12H,13H2,1H3,(H,23,24). The molecular formula is C20H17ClN2O3S2. The van der Waals surface area contributed by atoms with Crippen molar-refractivity contribution in [2.45, 2.75) is 15.7 Å². The molecule has 0 saturated carbocycles. The van der Waals surface area contributed by atoms with Crippen LogP contribution in [0.5, 0.6) is 0 Å². The SMILES string of the molecule is CS(=O)(=O)c1ccc(Cl)c(C(=O)Nc2cccc(CSc3ccccn3)c2)c1. The first-order valence-electron chi connectivity index (χ1n) is 8.27. The normalized spacial score (nSPS) is 11.2. The first-order chi connectivity index (χ1) is 13.3. The van der Waals surface area contributed by atoms with Crippen LogP contribution in [0.1, 0.15) is 15.9 Å². The lowest BCUT2D eigenvalue weighted by Gasteiger charge is -2.10. The number of sulfone groups is 1. The van der Waals surface area contributed by atoms with Crippen molar-refractivity contribution in [3.05, 3.63) is 83.0 Å². The highest BCUT2D eigenvalue weighted by Gasteiger charge is 2.16. The number of hydrogen-bond donors (Lipinski definition) is 1. The zero-order chi connectivity index (χ0) is 20.1. The van der Waals surface area contributed by atoms with E-state index in [9.17, 15) is 13.2 Å². The topological polar surface area (TPSA) is 76.1 Å². The number of nitrogens with one attached hydrogen (secondary N) is 1. The Kier molecular flexibility index (Phi) is 6.39. The molecule has 0 radical (unpaired) electrons. The number of nitrogens with zero attached hydrogens (tertiary/aromatic N) is 1. The molecule has 0 saturated heterocycles. The summed E-state index contributed by atoms with van der Waals surface area (Å²) in [5.74, 6) is 0.232. The van der Waals surface area contributed by atoms with Gasteiger partial charge >= 0.3 is 0 Å². The lowest BCUT2D eigenvalue weighted by molar-refractivity contribution is 0.102. The molecule has 0 bridgehead atoms. The van der Waals surface area contributed by atoms with Crippen molar-refractivity contribution >= 4 is 44.8 Å². The van der Waals surface area contributed by atoms with Crippen molar-refractivity contribution in [3.8, 4) is 0 Å². The number of anilines is 1. The van der Waals surface area contributed by atoms with E-state index < -0.39 is 15.7 Å². The Morgan fingerprint density at radius 1 is 1.11 bits per heavy atom. The summed E-state index contributed by atoms with van der Waals surface area (Å²) in [5.41, 5.74) is 1.73. The van der Waals surface area contributed by atoms with Gasteiger partial charge in [-0.3, -0.25) is 4.79 Å². The van der Waals surface area contributed by atoms with Gasteiger partial charge in [0.25, 0.3) is 5.91 Å². The van der Waals surface area contributed by atoms with Gasteiger partial charge in [0.2, 0.25) is 0 Å². The predicted octanol–water partition coefficient (Wildman–Crippen LogP) is 4.68. The number of carbonyl (C=O) groups is 1. The van der Waals surface area contributed by atoms with Crippen molar-refractivity contribution in [1.82, 2.24) is 4.98 Å². The Hall–Kier alpha value is -2.35. The van der Waals surface area contributed by atoms with Crippen molar-refractivity contribution in [2.75, 3.05) is 11.6 Å². The Morgan fingerprint density at radius 2 is 1.93 bits per heavy atom. The van der Waals surface area contributed by atoms with Crippen LogP contribution in [-0.4, -0.2) is 25.6 Å². The van der Waals surface area contributed by atoms with E-state index in [-0.39, 0.29) is 15.5 Å². The van der Waals surface area contributed by atoms with Crippen molar-refractivity contribution < 1.29 is 13.2 Å². The molecule has 0 fully saturated rings. The Balaban J connectivity index is 1.74. The lowest BCUT2D eigenvalue weighted by Crippen LogP contribution is -2.13. The Labute approximate surface area is 173 Å². The molecule has 1 heterocycles. The van der Waals surface area contributed by atoms with Gasteiger partial charge in [0.15, 0.2) is 9.84 Å². The number of thioether (sulfide) groups is 1. The number of pyridine rings is 1. The molecule has 1 aromatic heterocycles. The zero-order valence-corrected chi connectivity index (χ0v) is 17.3. The second-order valence-corrected chi connectivity index (χ2v) is 9.44. The van der Waals surface area contributed by atoms with Gasteiger partial charge < -0.3 is 5.32 Å². The summed E-state index contributed by atoms with van der Waals surface area (Å²) in [6.45, 7) is 0. The highest BCUT2D eigenvalue weighted by atomic mass is 35.5. The highest BCUT2D eigenvalue weighted by Crippen LogP contribution is 2.24. The van der Waals surface area contributed by atoms with Crippen LogP contribution in [0.4, 0.5) is 5.69 Å². The summed E-state index contributed by atoms with van der Waals surface area (Å²) < 4.78 is 23.5. The second kappa shape index (κ2) is 8.77. The largest absolute Gasteiger partial charge is 0.322 e. The van der Waals surface area contributed by atoms with Crippen LogP contribution in [-0.2, 0) is 15.6 Å². The van der Waals surface area contributed by atoms with Crippen LogP contribution in [0, 0.1) is 0 Å². The number of halogens is 1. The van der Waals surface area contributed by atoms with Crippen LogP contribution in [0.25, 0.3) is 0 Å². The minimum Gasteiger partial charge on any atom is -0.322 e. The molecule has 1 amide bonds. The molecule has 28 heavy (non-hydrogen) atoms. The average molecular weight is 433 g/mol. The molecule has 0 atom stereocenters. The third-order valence-electron chi connectivity index (χ3n) is 3.82. The number of carbonyl (C=O) groups excluding carboxylic acids is 1. The van der Waals surface area contributed by atoms with Crippen LogP contribution < -0.4 is 5.32 Å². The quantitative estimate of drug-likeness (QED) is 0.572. The Bertz CT molecular complexity index is 1100. The van der Waals surface area contributed by atoms with E-state index in [1.165, 1.54) is 18.2 Å². The van der Waals surface area contributed by atoms with Gasteiger partial charge in [0, 0.05) is 23.9 Å². The summed E-state index contributed by atoms with van der Waals surface area (Å²) >= 11 is 7.68. The van der Waals surface area contributed by atoms with E-state index in [0.29, 0.717) is 11.4 Å². The van der Waals surface area contributed by atoms with Crippen LogP contribution in [0.3, 0.4) is 0 Å². The van der Waals surface area contributed by atoms with E-state index in [4.69, 9.17) is 11.6 Å². The second-order valence-electron chi connectivity index (χ2n) is 6.02. The first-order valence-corrected chi connectivity index (χ1v) is 11.5. The van der Waals surface area contributed by atoms with E-state index >= 15 is 0 Å². The minimum atomic E-state index is -3.44. The minimum absolute atomic E-state index is 0.0440. The molecule has 144 valence electrons. The van der Waals surface area contributed by atoms with Gasteiger partial charge in [-0.1, -0.05) is 29.8 Å². The van der Waals surface area contributed by atoms with Gasteiger partial charge in [-0.05, 0) is 48.0 Å². The van der Waals surface area contributed by atoms with Gasteiger partial charge in [0.1, 0.15) is 0 Å². The smallest absolute Gasteiger partial charge is 0.257 e. The fourth-order valence-corrected chi connectivity index (χ4v) is 4.09. The summed E-state index contributed by atoms with van der Waals surface area (Å²) in [5, 5.41) is 3.88. The summed E-state index contributed by atoms with van der Waals surface area (Å²) in [6.07, 6.45) is 2.83. The summed E-state index contributed by atoms with van der Waals surface area (Å²) in [7, 11) is -3.44. The Morgan fingerprint density at radius 3 is 2.64 bits per heavy atom. The third-order valence-corrected chi connectivity index (χ3v) is 6.27.